The van der Waals surface area contributed by atoms with Gasteiger partial charge in [-0.15, -0.1) is 0 Å². The molecule has 0 spiro atoms. The summed E-state index contributed by atoms with van der Waals surface area (Å²) in [6, 6.07) is 6.70. The summed E-state index contributed by atoms with van der Waals surface area (Å²) >= 11 is 5.89. The zero-order chi connectivity index (χ0) is 14.3. The smallest absolute Gasteiger partial charge is 0.260 e. The molecule has 0 aliphatic carbocycles. The van der Waals surface area contributed by atoms with Crippen LogP contribution in [0.1, 0.15) is 32.3 Å². The molecule has 1 unspecified atom stereocenters. The lowest BCUT2D eigenvalue weighted by molar-refractivity contribution is -0.127. The number of carbonyl (C=O) groups is 1. The summed E-state index contributed by atoms with van der Waals surface area (Å²) in [5.41, 5.74) is 0.383. The van der Waals surface area contributed by atoms with E-state index in [1.807, 2.05) is 6.07 Å². The second-order valence-corrected chi connectivity index (χ2v) is 4.57. The maximum Gasteiger partial charge on any atom is 0.260 e. The zero-order valence-corrected chi connectivity index (χ0v) is 11.8. The lowest BCUT2D eigenvalue weighted by Crippen LogP contribution is -2.36. The number of rotatable bonds is 6. The van der Waals surface area contributed by atoms with Crippen LogP contribution in [0, 0.1) is 11.3 Å². The summed E-state index contributed by atoms with van der Waals surface area (Å²) in [5.74, 6) is 0.316. The summed E-state index contributed by atoms with van der Waals surface area (Å²) in [5, 5.41) is 11.9. The van der Waals surface area contributed by atoms with Gasteiger partial charge >= 0.3 is 0 Å². The third kappa shape index (κ3) is 4.80. The standard InChI is InChI=1S/C14H17ClN2O2/c1-3-4-7-17-14(18)10(2)19-12-6-5-11(9-16)13(15)8-12/h5-6,8,10H,3-4,7H2,1-2H3,(H,17,18). The third-order valence-electron chi connectivity index (χ3n) is 2.57. The van der Waals surface area contributed by atoms with Crippen molar-refractivity contribution in [2.75, 3.05) is 6.54 Å². The normalized spacial score (nSPS) is 11.5. The summed E-state index contributed by atoms with van der Waals surface area (Å²) in [7, 11) is 0. The first-order chi connectivity index (χ1) is 9.08. The minimum absolute atomic E-state index is 0.158. The van der Waals surface area contributed by atoms with Crippen molar-refractivity contribution in [1.29, 1.82) is 5.26 Å². The highest BCUT2D eigenvalue weighted by Crippen LogP contribution is 2.22. The Morgan fingerprint density at radius 3 is 2.89 bits per heavy atom. The molecule has 0 saturated heterocycles. The van der Waals surface area contributed by atoms with Gasteiger partial charge in [-0.1, -0.05) is 24.9 Å². The molecule has 0 bridgehead atoms. The van der Waals surface area contributed by atoms with Crippen LogP contribution in [0.2, 0.25) is 5.02 Å². The highest BCUT2D eigenvalue weighted by atomic mass is 35.5. The van der Waals surface area contributed by atoms with Gasteiger partial charge in [0.05, 0.1) is 10.6 Å². The molecular weight excluding hydrogens is 264 g/mol. The summed E-state index contributed by atoms with van der Waals surface area (Å²) in [6.45, 7) is 4.38. The number of nitriles is 1. The molecule has 1 aromatic carbocycles. The van der Waals surface area contributed by atoms with Gasteiger partial charge in [0.1, 0.15) is 11.8 Å². The number of ether oxygens (including phenoxy) is 1. The Balaban J connectivity index is 2.57. The third-order valence-corrected chi connectivity index (χ3v) is 2.89. The molecule has 5 heteroatoms. The van der Waals surface area contributed by atoms with E-state index in [1.54, 1.807) is 19.1 Å². The molecule has 0 aliphatic heterocycles. The van der Waals surface area contributed by atoms with Crippen LogP contribution in [0.15, 0.2) is 18.2 Å². The molecule has 1 amide bonds. The van der Waals surface area contributed by atoms with Crippen molar-refractivity contribution in [2.24, 2.45) is 0 Å². The fourth-order valence-corrected chi connectivity index (χ4v) is 1.66. The number of benzene rings is 1. The van der Waals surface area contributed by atoms with Gasteiger partial charge in [-0.05, 0) is 25.5 Å². The number of hydrogen-bond donors (Lipinski definition) is 1. The van der Waals surface area contributed by atoms with Crippen molar-refractivity contribution in [3.63, 3.8) is 0 Å². The molecule has 0 heterocycles. The highest BCUT2D eigenvalue weighted by Gasteiger charge is 2.14. The predicted octanol–water partition coefficient (Wildman–Crippen LogP) is 2.90. The van der Waals surface area contributed by atoms with Gasteiger partial charge in [0, 0.05) is 12.6 Å². The molecule has 0 fully saturated rings. The van der Waals surface area contributed by atoms with Gasteiger partial charge in [-0.3, -0.25) is 4.79 Å². The fraction of sp³-hybridized carbons (Fsp3) is 0.429. The Morgan fingerprint density at radius 1 is 1.58 bits per heavy atom. The van der Waals surface area contributed by atoms with Gasteiger partial charge in [-0.2, -0.15) is 5.26 Å². The average Bonchev–Trinajstić information content (AvgIpc) is 2.39. The molecule has 0 radical (unpaired) electrons. The SMILES string of the molecule is CCCCNC(=O)C(C)Oc1ccc(C#N)c(Cl)c1. The van der Waals surface area contributed by atoms with E-state index < -0.39 is 6.10 Å². The predicted molar refractivity (Wildman–Crippen MR) is 74.2 cm³/mol. The maximum atomic E-state index is 11.7. The monoisotopic (exact) mass is 280 g/mol. The second-order valence-electron chi connectivity index (χ2n) is 4.16. The van der Waals surface area contributed by atoms with Crippen LogP contribution < -0.4 is 10.1 Å². The van der Waals surface area contributed by atoms with Crippen LogP contribution in [0.4, 0.5) is 0 Å². The van der Waals surface area contributed by atoms with E-state index in [9.17, 15) is 4.79 Å². The molecule has 1 atom stereocenters. The number of amides is 1. The molecule has 102 valence electrons. The molecule has 1 N–H and O–H groups in total. The molecule has 1 aromatic rings. The Labute approximate surface area is 118 Å². The van der Waals surface area contributed by atoms with Crippen molar-refractivity contribution >= 4 is 17.5 Å². The number of carbonyl (C=O) groups excluding carboxylic acids is 1. The Hall–Kier alpha value is -1.73. The first-order valence-electron chi connectivity index (χ1n) is 6.22. The fourth-order valence-electron chi connectivity index (χ4n) is 1.45. The number of halogens is 1. The largest absolute Gasteiger partial charge is 0.481 e. The quantitative estimate of drug-likeness (QED) is 0.815. The zero-order valence-electron chi connectivity index (χ0n) is 11.1. The van der Waals surface area contributed by atoms with Crippen molar-refractivity contribution in [2.45, 2.75) is 32.8 Å². The summed E-state index contributed by atoms with van der Waals surface area (Å²) < 4.78 is 5.48. The second kappa shape index (κ2) is 7.65. The van der Waals surface area contributed by atoms with Crippen LogP contribution in [-0.2, 0) is 4.79 Å². The highest BCUT2D eigenvalue weighted by molar-refractivity contribution is 6.31. The lowest BCUT2D eigenvalue weighted by atomic mass is 10.2. The van der Waals surface area contributed by atoms with Crippen molar-refractivity contribution in [3.05, 3.63) is 28.8 Å². The topological polar surface area (TPSA) is 62.1 Å². The Morgan fingerprint density at radius 2 is 2.32 bits per heavy atom. The van der Waals surface area contributed by atoms with Gasteiger partial charge in [0.15, 0.2) is 6.10 Å². The minimum atomic E-state index is -0.596. The van der Waals surface area contributed by atoms with E-state index in [0.29, 0.717) is 22.9 Å². The molecule has 0 saturated carbocycles. The van der Waals surface area contributed by atoms with E-state index in [4.69, 9.17) is 21.6 Å². The van der Waals surface area contributed by atoms with Gasteiger partial charge in [-0.25, -0.2) is 0 Å². The van der Waals surface area contributed by atoms with Crippen LogP contribution in [-0.4, -0.2) is 18.6 Å². The number of hydrogen-bond acceptors (Lipinski definition) is 3. The van der Waals surface area contributed by atoms with E-state index >= 15 is 0 Å². The van der Waals surface area contributed by atoms with Crippen LogP contribution in [0.5, 0.6) is 5.75 Å². The molecule has 1 rings (SSSR count). The number of nitrogens with zero attached hydrogens (tertiary/aromatic N) is 1. The van der Waals surface area contributed by atoms with E-state index in [1.165, 1.54) is 6.07 Å². The number of nitrogens with one attached hydrogen (secondary N) is 1. The molecule has 0 aromatic heterocycles. The van der Waals surface area contributed by atoms with E-state index in [2.05, 4.69) is 12.2 Å². The average molecular weight is 281 g/mol. The van der Waals surface area contributed by atoms with E-state index in [0.717, 1.165) is 12.8 Å². The first kappa shape index (κ1) is 15.3. The summed E-state index contributed by atoms with van der Waals surface area (Å²) in [6.07, 6.45) is 1.38. The molecule has 0 aliphatic rings. The first-order valence-corrected chi connectivity index (χ1v) is 6.60. The molecular formula is C14H17ClN2O2. The minimum Gasteiger partial charge on any atom is -0.481 e. The maximum absolute atomic E-state index is 11.7. The van der Waals surface area contributed by atoms with Crippen LogP contribution in [0.3, 0.4) is 0 Å². The van der Waals surface area contributed by atoms with E-state index in [-0.39, 0.29) is 5.91 Å². The Kier molecular flexibility index (Phi) is 6.17. The lowest BCUT2D eigenvalue weighted by Gasteiger charge is -2.14. The van der Waals surface area contributed by atoms with Gasteiger partial charge < -0.3 is 10.1 Å². The van der Waals surface area contributed by atoms with Crippen molar-refractivity contribution in [1.82, 2.24) is 5.32 Å². The van der Waals surface area contributed by atoms with Gasteiger partial charge in [0.2, 0.25) is 0 Å². The molecule has 4 nitrogen and oxygen atoms in total. The van der Waals surface area contributed by atoms with Gasteiger partial charge in [0.25, 0.3) is 5.91 Å². The Bertz CT molecular complexity index is 483. The number of unbranched alkanes of at least 4 members (excludes halogenated alkanes) is 1. The summed E-state index contributed by atoms with van der Waals surface area (Å²) in [4.78, 5) is 11.7. The van der Waals surface area contributed by atoms with Crippen molar-refractivity contribution in [3.8, 4) is 11.8 Å². The van der Waals surface area contributed by atoms with Crippen molar-refractivity contribution < 1.29 is 9.53 Å². The van der Waals surface area contributed by atoms with Crippen LogP contribution >= 0.6 is 11.6 Å². The van der Waals surface area contributed by atoms with Crippen LogP contribution in [0.25, 0.3) is 0 Å². The molecule has 19 heavy (non-hydrogen) atoms.